The summed E-state index contributed by atoms with van der Waals surface area (Å²) in [6.07, 6.45) is 0.211. The Labute approximate surface area is 146 Å². The summed E-state index contributed by atoms with van der Waals surface area (Å²) in [5, 5.41) is 2.84. The summed E-state index contributed by atoms with van der Waals surface area (Å²) in [5.41, 5.74) is 3.88. The predicted octanol–water partition coefficient (Wildman–Crippen LogP) is 3.11. The van der Waals surface area contributed by atoms with Crippen LogP contribution in [0.25, 0.3) is 0 Å². The van der Waals surface area contributed by atoms with Crippen LogP contribution in [0.5, 0.6) is 0 Å². The third-order valence-corrected chi connectivity index (χ3v) is 4.74. The highest BCUT2D eigenvalue weighted by Gasteiger charge is 2.35. The lowest BCUT2D eigenvalue weighted by Crippen LogP contribution is -2.32. The number of amides is 2. The van der Waals surface area contributed by atoms with Gasteiger partial charge < -0.3 is 10.2 Å². The number of anilines is 1. The lowest BCUT2D eigenvalue weighted by molar-refractivity contribution is -0.126. The van der Waals surface area contributed by atoms with Crippen molar-refractivity contribution in [2.45, 2.75) is 26.8 Å². The molecule has 0 aliphatic carbocycles. The number of nitrogens with zero attached hydrogens (tertiary/aromatic N) is 1. The zero-order valence-electron chi connectivity index (χ0n) is 14.4. The van der Waals surface area contributed by atoms with E-state index in [0.717, 1.165) is 22.4 Å². The average molecular weight is 340 g/mol. The summed E-state index contributed by atoms with van der Waals surface area (Å²) < 4.78 is 12.9. The van der Waals surface area contributed by atoms with E-state index in [-0.39, 0.29) is 30.0 Å². The monoisotopic (exact) mass is 340 g/mol. The highest BCUT2D eigenvalue weighted by molar-refractivity contribution is 6.00. The van der Waals surface area contributed by atoms with Gasteiger partial charge in [0.1, 0.15) is 5.82 Å². The minimum absolute atomic E-state index is 0.0318. The molecule has 1 atom stereocenters. The van der Waals surface area contributed by atoms with Gasteiger partial charge in [0.05, 0.1) is 5.92 Å². The molecule has 3 rings (SSSR count). The SMILES string of the molecule is Cc1cccc(N2CC(C(=O)NCc3ccc(F)cc3)CC2=O)c1C. The number of rotatable bonds is 4. The minimum atomic E-state index is -0.368. The Balaban J connectivity index is 1.64. The Morgan fingerprint density at radius 2 is 1.92 bits per heavy atom. The lowest BCUT2D eigenvalue weighted by Gasteiger charge is -2.20. The molecule has 1 saturated heterocycles. The second kappa shape index (κ2) is 7.05. The first-order chi connectivity index (χ1) is 12.0. The second-order valence-electron chi connectivity index (χ2n) is 6.47. The standard InChI is InChI=1S/C20H21FN2O2/c1-13-4-3-5-18(14(13)2)23-12-16(10-19(23)24)20(25)22-11-15-6-8-17(21)9-7-15/h3-9,16H,10-12H2,1-2H3,(H,22,25). The normalized spacial score (nSPS) is 17.0. The van der Waals surface area contributed by atoms with Crippen LogP contribution in [-0.4, -0.2) is 18.4 Å². The van der Waals surface area contributed by atoms with Crippen LogP contribution in [0.3, 0.4) is 0 Å². The quantitative estimate of drug-likeness (QED) is 0.930. The number of hydrogen-bond donors (Lipinski definition) is 1. The highest BCUT2D eigenvalue weighted by atomic mass is 19.1. The fourth-order valence-corrected chi connectivity index (χ4v) is 3.08. The molecule has 0 saturated carbocycles. The van der Waals surface area contributed by atoms with Crippen molar-refractivity contribution < 1.29 is 14.0 Å². The molecule has 2 amide bonds. The van der Waals surface area contributed by atoms with E-state index in [1.165, 1.54) is 12.1 Å². The number of carbonyl (C=O) groups excluding carboxylic acids is 2. The molecule has 0 radical (unpaired) electrons. The predicted molar refractivity (Wildman–Crippen MR) is 94.6 cm³/mol. The molecule has 130 valence electrons. The van der Waals surface area contributed by atoms with E-state index >= 15 is 0 Å². The van der Waals surface area contributed by atoms with E-state index in [1.54, 1.807) is 17.0 Å². The van der Waals surface area contributed by atoms with Gasteiger partial charge in [0.25, 0.3) is 0 Å². The van der Waals surface area contributed by atoms with Gasteiger partial charge in [-0.05, 0) is 48.7 Å². The molecule has 1 aliphatic rings. The van der Waals surface area contributed by atoms with Gasteiger partial charge in [-0.3, -0.25) is 9.59 Å². The second-order valence-corrected chi connectivity index (χ2v) is 6.47. The van der Waals surface area contributed by atoms with E-state index in [1.807, 2.05) is 32.0 Å². The Kier molecular flexibility index (Phi) is 4.83. The van der Waals surface area contributed by atoms with Crippen molar-refractivity contribution in [1.82, 2.24) is 5.32 Å². The molecule has 1 unspecified atom stereocenters. The summed E-state index contributed by atoms with van der Waals surface area (Å²) in [7, 11) is 0. The Bertz CT molecular complexity index is 802. The van der Waals surface area contributed by atoms with Crippen molar-refractivity contribution in [2.75, 3.05) is 11.4 Å². The number of nitrogens with one attached hydrogen (secondary N) is 1. The number of carbonyl (C=O) groups is 2. The largest absolute Gasteiger partial charge is 0.352 e. The molecule has 25 heavy (non-hydrogen) atoms. The molecule has 5 heteroatoms. The van der Waals surface area contributed by atoms with Gasteiger partial charge in [-0.2, -0.15) is 0 Å². The number of hydrogen-bond acceptors (Lipinski definition) is 2. The summed E-state index contributed by atoms with van der Waals surface area (Å²) in [4.78, 5) is 26.5. The fraction of sp³-hybridized carbons (Fsp3) is 0.300. The lowest BCUT2D eigenvalue weighted by atomic mass is 10.1. The Hall–Kier alpha value is -2.69. The molecular weight excluding hydrogens is 319 g/mol. The van der Waals surface area contributed by atoms with Crippen molar-refractivity contribution in [3.05, 3.63) is 65.0 Å². The van der Waals surface area contributed by atoms with Crippen molar-refractivity contribution in [1.29, 1.82) is 0 Å². The third kappa shape index (κ3) is 3.71. The van der Waals surface area contributed by atoms with Crippen molar-refractivity contribution >= 4 is 17.5 Å². The van der Waals surface area contributed by atoms with Gasteiger partial charge in [-0.15, -0.1) is 0 Å². The first-order valence-corrected chi connectivity index (χ1v) is 8.34. The molecule has 2 aromatic rings. The van der Waals surface area contributed by atoms with Crippen LogP contribution in [0.15, 0.2) is 42.5 Å². The average Bonchev–Trinajstić information content (AvgIpc) is 2.98. The molecule has 2 aromatic carbocycles. The van der Waals surface area contributed by atoms with Gasteiger partial charge in [0.15, 0.2) is 0 Å². The molecule has 0 aromatic heterocycles. The zero-order valence-corrected chi connectivity index (χ0v) is 14.4. The van der Waals surface area contributed by atoms with Gasteiger partial charge in [-0.1, -0.05) is 24.3 Å². The van der Waals surface area contributed by atoms with Crippen LogP contribution in [0.4, 0.5) is 10.1 Å². The maximum absolute atomic E-state index is 12.9. The highest BCUT2D eigenvalue weighted by Crippen LogP contribution is 2.29. The number of halogens is 1. The topological polar surface area (TPSA) is 49.4 Å². The van der Waals surface area contributed by atoms with Crippen LogP contribution in [0, 0.1) is 25.6 Å². The summed E-state index contributed by atoms with van der Waals surface area (Å²) >= 11 is 0. The minimum Gasteiger partial charge on any atom is -0.352 e. The first kappa shape index (κ1) is 17.1. The van der Waals surface area contributed by atoms with E-state index in [9.17, 15) is 14.0 Å². The molecule has 4 nitrogen and oxygen atoms in total. The molecular formula is C20H21FN2O2. The van der Waals surface area contributed by atoms with Crippen LogP contribution in [0.2, 0.25) is 0 Å². The molecule has 1 N–H and O–H groups in total. The van der Waals surface area contributed by atoms with Crippen LogP contribution < -0.4 is 10.2 Å². The van der Waals surface area contributed by atoms with Gasteiger partial charge in [0.2, 0.25) is 11.8 Å². The molecule has 0 spiro atoms. The van der Waals surface area contributed by atoms with Crippen molar-refractivity contribution in [3.8, 4) is 0 Å². The van der Waals surface area contributed by atoms with E-state index < -0.39 is 0 Å². The van der Waals surface area contributed by atoms with Gasteiger partial charge in [0, 0.05) is 25.2 Å². The first-order valence-electron chi connectivity index (χ1n) is 8.34. The molecule has 1 heterocycles. The third-order valence-electron chi connectivity index (χ3n) is 4.74. The molecule has 1 aliphatic heterocycles. The summed E-state index contributed by atoms with van der Waals surface area (Å²) in [6, 6.07) is 11.8. The zero-order chi connectivity index (χ0) is 18.0. The van der Waals surface area contributed by atoms with E-state index in [2.05, 4.69) is 5.32 Å². The fourth-order valence-electron chi connectivity index (χ4n) is 3.08. The van der Waals surface area contributed by atoms with Crippen LogP contribution >= 0.6 is 0 Å². The summed E-state index contributed by atoms with van der Waals surface area (Å²) in [6.45, 7) is 4.71. The number of aryl methyl sites for hydroxylation is 1. The maximum atomic E-state index is 12.9. The van der Waals surface area contributed by atoms with Gasteiger partial charge >= 0.3 is 0 Å². The van der Waals surface area contributed by atoms with Crippen LogP contribution in [0.1, 0.15) is 23.1 Å². The van der Waals surface area contributed by atoms with Crippen molar-refractivity contribution in [2.24, 2.45) is 5.92 Å². The Morgan fingerprint density at radius 3 is 2.64 bits per heavy atom. The molecule has 1 fully saturated rings. The van der Waals surface area contributed by atoms with Crippen molar-refractivity contribution in [3.63, 3.8) is 0 Å². The van der Waals surface area contributed by atoms with Crippen LogP contribution in [-0.2, 0) is 16.1 Å². The number of benzene rings is 2. The Morgan fingerprint density at radius 1 is 1.20 bits per heavy atom. The summed E-state index contributed by atoms with van der Waals surface area (Å²) in [5.74, 6) is -0.852. The maximum Gasteiger partial charge on any atom is 0.227 e. The van der Waals surface area contributed by atoms with E-state index in [4.69, 9.17) is 0 Å². The molecule has 0 bridgehead atoms. The smallest absolute Gasteiger partial charge is 0.227 e. The van der Waals surface area contributed by atoms with Gasteiger partial charge in [-0.25, -0.2) is 4.39 Å². The van der Waals surface area contributed by atoms with E-state index in [0.29, 0.717) is 13.1 Å².